The van der Waals surface area contributed by atoms with Gasteiger partial charge in [0.25, 0.3) is 0 Å². The Morgan fingerprint density at radius 1 is 1.09 bits per heavy atom. The second-order valence-corrected chi connectivity index (χ2v) is 9.33. The standard InChI is InChI=1S/C26H34F2N2O5/c1-5-34-23(24(31)32)16-18-6-9-20(10-7-18)35-15-14-30(13-12-26(2,3)4)25(33)29-22-11-8-19(27)17-21(22)28/h6-11,17,23H,5,12-16H2,1-4H3,(H,29,33)(H,31,32). The minimum absolute atomic E-state index is 0.0222. The number of hydrogen-bond acceptors (Lipinski definition) is 4. The number of rotatable bonds is 12. The molecule has 0 spiro atoms. The van der Waals surface area contributed by atoms with Crippen LogP contribution in [0, 0.1) is 17.0 Å². The average molecular weight is 493 g/mol. The van der Waals surface area contributed by atoms with E-state index in [1.165, 1.54) is 11.0 Å². The molecule has 0 saturated heterocycles. The topological polar surface area (TPSA) is 88.1 Å². The van der Waals surface area contributed by atoms with Crippen LogP contribution in [0.1, 0.15) is 39.7 Å². The van der Waals surface area contributed by atoms with E-state index in [2.05, 4.69) is 26.1 Å². The maximum atomic E-state index is 14.0. The summed E-state index contributed by atoms with van der Waals surface area (Å²) >= 11 is 0. The van der Waals surface area contributed by atoms with Gasteiger partial charge in [-0.3, -0.25) is 0 Å². The molecular formula is C26H34F2N2O5. The first-order chi connectivity index (χ1) is 16.5. The Morgan fingerprint density at radius 2 is 1.77 bits per heavy atom. The Balaban J connectivity index is 1.97. The highest BCUT2D eigenvalue weighted by molar-refractivity contribution is 5.89. The molecule has 0 aromatic heterocycles. The molecule has 2 rings (SSSR count). The fraction of sp³-hybridized carbons (Fsp3) is 0.462. The van der Waals surface area contributed by atoms with E-state index in [4.69, 9.17) is 9.47 Å². The van der Waals surface area contributed by atoms with E-state index in [1.807, 2.05) is 0 Å². The van der Waals surface area contributed by atoms with E-state index in [-0.39, 0.29) is 30.7 Å². The van der Waals surface area contributed by atoms with Crippen molar-refractivity contribution in [1.82, 2.24) is 4.90 Å². The minimum atomic E-state index is -1.01. The van der Waals surface area contributed by atoms with Gasteiger partial charge >= 0.3 is 12.0 Å². The third-order valence-corrected chi connectivity index (χ3v) is 5.21. The third kappa shape index (κ3) is 9.90. The Kier molecular flexibility index (Phi) is 10.4. The number of carboxylic acid groups (broad SMARTS) is 1. The highest BCUT2D eigenvalue weighted by atomic mass is 19.1. The molecule has 35 heavy (non-hydrogen) atoms. The molecule has 2 amide bonds. The Bertz CT molecular complexity index is 977. The monoisotopic (exact) mass is 492 g/mol. The predicted octanol–water partition coefficient (Wildman–Crippen LogP) is 5.35. The predicted molar refractivity (Wildman–Crippen MR) is 130 cm³/mol. The van der Waals surface area contributed by atoms with Gasteiger partial charge in [-0.25, -0.2) is 18.4 Å². The lowest BCUT2D eigenvalue weighted by Crippen LogP contribution is -2.39. The van der Waals surface area contributed by atoms with Crippen LogP contribution >= 0.6 is 0 Å². The van der Waals surface area contributed by atoms with Gasteiger partial charge < -0.3 is 24.8 Å². The van der Waals surface area contributed by atoms with Gasteiger partial charge in [0.15, 0.2) is 6.10 Å². The number of carbonyl (C=O) groups excluding carboxylic acids is 1. The number of nitrogens with one attached hydrogen (secondary N) is 1. The first-order valence-electron chi connectivity index (χ1n) is 11.6. The number of anilines is 1. The molecule has 192 valence electrons. The van der Waals surface area contributed by atoms with Crippen molar-refractivity contribution in [3.63, 3.8) is 0 Å². The second-order valence-electron chi connectivity index (χ2n) is 9.33. The van der Waals surface area contributed by atoms with Gasteiger partial charge in [0.2, 0.25) is 0 Å². The molecule has 0 fully saturated rings. The van der Waals surface area contributed by atoms with E-state index in [0.29, 0.717) is 25.3 Å². The molecule has 9 heteroatoms. The molecule has 0 aliphatic carbocycles. The zero-order chi connectivity index (χ0) is 26.0. The number of benzene rings is 2. The van der Waals surface area contributed by atoms with E-state index in [9.17, 15) is 23.5 Å². The fourth-order valence-electron chi connectivity index (χ4n) is 3.20. The van der Waals surface area contributed by atoms with Crippen LogP contribution in [0.4, 0.5) is 19.3 Å². The zero-order valence-corrected chi connectivity index (χ0v) is 20.6. The van der Waals surface area contributed by atoms with Crippen molar-refractivity contribution < 1.29 is 33.0 Å². The van der Waals surface area contributed by atoms with Crippen molar-refractivity contribution in [2.24, 2.45) is 5.41 Å². The fourth-order valence-corrected chi connectivity index (χ4v) is 3.20. The minimum Gasteiger partial charge on any atom is -0.492 e. The van der Waals surface area contributed by atoms with Crippen LogP contribution in [0.5, 0.6) is 5.75 Å². The molecule has 0 aliphatic rings. The number of ether oxygens (including phenoxy) is 2. The smallest absolute Gasteiger partial charge is 0.333 e. The number of carbonyl (C=O) groups is 2. The summed E-state index contributed by atoms with van der Waals surface area (Å²) in [5, 5.41) is 11.7. The quantitative estimate of drug-likeness (QED) is 0.417. The van der Waals surface area contributed by atoms with Crippen molar-refractivity contribution in [2.45, 2.75) is 46.6 Å². The van der Waals surface area contributed by atoms with Gasteiger partial charge in [0.1, 0.15) is 24.0 Å². The molecule has 0 bridgehead atoms. The van der Waals surface area contributed by atoms with Crippen molar-refractivity contribution in [2.75, 3.05) is 31.6 Å². The highest BCUT2D eigenvalue weighted by Gasteiger charge is 2.20. The number of amides is 2. The number of aliphatic carboxylic acids is 1. The van der Waals surface area contributed by atoms with Crippen LogP contribution < -0.4 is 10.1 Å². The van der Waals surface area contributed by atoms with Crippen molar-refractivity contribution in [1.29, 1.82) is 0 Å². The first-order valence-corrected chi connectivity index (χ1v) is 11.6. The molecule has 0 aliphatic heterocycles. The number of hydrogen-bond donors (Lipinski definition) is 2. The van der Waals surface area contributed by atoms with E-state index < -0.39 is 29.7 Å². The SMILES string of the molecule is CCOC(Cc1ccc(OCCN(CCC(C)(C)C)C(=O)Nc2ccc(F)cc2F)cc1)C(=O)O. The Morgan fingerprint density at radius 3 is 2.34 bits per heavy atom. The van der Waals surface area contributed by atoms with Crippen LogP contribution in [0.25, 0.3) is 0 Å². The third-order valence-electron chi connectivity index (χ3n) is 5.21. The lowest BCUT2D eigenvalue weighted by atomic mass is 9.92. The molecular weight excluding hydrogens is 458 g/mol. The van der Waals surface area contributed by atoms with Crippen molar-refractivity contribution >= 4 is 17.7 Å². The molecule has 0 heterocycles. The molecule has 1 atom stereocenters. The molecule has 1 unspecified atom stereocenters. The largest absolute Gasteiger partial charge is 0.492 e. The average Bonchev–Trinajstić information content (AvgIpc) is 2.78. The zero-order valence-electron chi connectivity index (χ0n) is 20.6. The first kappa shape index (κ1) is 28.0. The van der Waals surface area contributed by atoms with Gasteiger partial charge in [0.05, 0.1) is 12.2 Å². The van der Waals surface area contributed by atoms with Gasteiger partial charge in [-0.15, -0.1) is 0 Å². The molecule has 2 aromatic carbocycles. The van der Waals surface area contributed by atoms with Crippen LogP contribution in [0.2, 0.25) is 0 Å². The molecule has 2 N–H and O–H groups in total. The van der Waals surface area contributed by atoms with Gasteiger partial charge in [0, 0.05) is 25.6 Å². The molecule has 7 nitrogen and oxygen atoms in total. The Labute approximate surface area is 205 Å². The lowest BCUT2D eigenvalue weighted by Gasteiger charge is -2.27. The lowest BCUT2D eigenvalue weighted by molar-refractivity contribution is -0.149. The van der Waals surface area contributed by atoms with Gasteiger partial charge in [-0.2, -0.15) is 0 Å². The summed E-state index contributed by atoms with van der Waals surface area (Å²) in [6.07, 6.45) is 0.0445. The van der Waals surface area contributed by atoms with Gasteiger partial charge in [-0.05, 0) is 48.6 Å². The number of carboxylic acids is 1. The Hall–Kier alpha value is -3.20. The van der Waals surface area contributed by atoms with E-state index in [1.54, 1.807) is 31.2 Å². The van der Waals surface area contributed by atoms with Crippen molar-refractivity contribution in [3.8, 4) is 5.75 Å². The van der Waals surface area contributed by atoms with Gasteiger partial charge in [-0.1, -0.05) is 32.9 Å². The van der Waals surface area contributed by atoms with Crippen LogP contribution in [0.15, 0.2) is 42.5 Å². The second kappa shape index (κ2) is 13.0. The number of halogens is 2. The summed E-state index contributed by atoms with van der Waals surface area (Å²) in [5.41, 5.74) is 0.678. The summed E-state index contributed by atoms with van der Waals surface area (Å²) in [6.45, 7) is 9.09. The highest BCUT2D eigenvalue weighted by Crippen LogP contribution is 2.21. The normalized spacial score (nSPS) is 12.2. The summed E-state index contributed by atoms with van der Waals surface area (Å²) in [6, 6.07) is 9.48. The maximum Gasteiger partial charge on any atom is 0.333 e. The van der Waals surface area contributed by atoms with Crippen molar-refractivity contribution in [3.05, 3.63) is 59.7 Å². The summed E-state index contributed by atoms with van der Waals surface area (Å²) in [4.78, 5) is 25.6. The molecule has 0 radical (unpaired) electrons. The summed E-state index contributed by atoms with van der Waals surface area (Å²) in [5.74, 6) is -2.01. The van der Waals surface area contributed by atoms with E-state index in [0.717, 1.165) is 17.7 Å². The maximum absolute atomic E-state index is 14.0. The van der Waals surface area contributed by atoms with Crippen LogP contribution in [-0.4, -0.2) is 54.4 Å². The number of urea groups is 1. The number of nitrogens with zero attached hydrogens (tertiary/aromatic N) is 1. The summed E-state index contributed by atoms with van der Waals surface area (Å²) < 4.78 is 38.2. The summed E-state index contributed by atoms with van der Waals surface area (Å²) in [7, 11) is 0. The van der Waals surface area contributed by atoms with E-state index >= 15 is 0 Å². The molecule has 2 aromatic rings. The molecule has 0 saturated carbocycles. The van der Waals surface area contributed by atoms with Crippen LogP contribution in [-0.2, 0) is 16.0 Å². The van der Waals surface area contributed by atoms with Crippen LogP contribution in [0.3, 0.4) is 0 Å².